The zero-order valence-electron chi connectivity index (χ0n) is 9.69. The van der Waals surface area contributed by atoms with Gasteiger partial charge in [-0.3, -0.25) is 0 Å². The van der Waals surface area contributed by atoms with E-state index in [1.54, 1.807) is 18.4 Å². The lowest BCUT2D eigenvalue weighted by atomic mass is 9.79. The lowest BCUT2D eigenvalue weighted by Gasteiger charge is -2.27. The van der Waals surface area contributed by atoms with Gasteiger partial charge in [0.15, 0.2) is 0 Å². The minimum atomic E-state index is -0.528. The Bertz CT molecular complexity index is 479. The molecule has 0 spiro atoms. The largest absolute Gasteiger partial charge is 0.469 e. The van der Waals surface area contributed by atoms with Gasteiger partial charge in [0.25, 0.3) is 0 Å². The van der Waals surface area contributed by atoms with E-state index in [0.29, 0.717) is 6.42 Å². The zero-order chi connectivity index (χ0) is 12.3. The molecule has 0 aliphatic heterocycles. The van der Waals surface area contributed by atoms with Crippen molar-refractivity contribution in [3.63, 3.8) is 0 Å². The fourth-order valence-electron chi connectivity index (χ4n) is 1.91. The molecular formula is C14H15FO2. The summed E-state index contributed by atoms with van der Waals surface area (Å²) in [6.07, 6.45) is 2.14. The normalized spacial score (nSPS) is 14.5. The molecule has 17 heavy (non-hydrogen) atoms. The molecule has 0 aliphatic carbocycles. The number of hydrogen-bond acceptors (Lipinski definition) is 2. The molecule has 1 N–H and O–H groups in total. The summed E-state index contributed by atoms with van der Waals surface area (Å²) in [7, 11) is 0. The molecule has 2 rings (SSSR count). The molecule has 90 valence electrons. The Labute approximate surface area is 99.7 Å². The highest BCUT2D eigenvalue weighted by molar-refractivity contribution is 5.27. The molecule has 1 aromatic heterocycles. The van der Waals surface area contributed by atoms with Crippen molar-refractivity contribution in [2.24, 2.45) is 0 Å². The molecule has 0 amide bonds. The summed E-state index contributed by atoms with van der Waals surface area (Å²) in [6.45, 7) is 1.83. The van der Waals surface area contributed by atoms with Gasteiger partial charge in [0, 0.05) is 11.8 Å². The standard InChI is InChI=1S/C14H15FO2/c1-14(10-16,9-13-6-3-7-17-13)11-4-2-5-12(15)8-11/h2-8,16H,9-10H2,1H3. The van der Waals surface area contributed by atoms with E-state index in [9.17, 15) is 9.50 Å². The summed E-state index contributed by atoms with van der Waals surface area (Å²) in [5, 5.41) is 9.56. The molecule has 1 aromatic carbocycles. The number of hydrogen-bond donors (Lipinski definition) is 1. The molecule has 1 unspecified atom stereocenters. The van der Waals surface area contributed by atoms with Crippen molar-refractivity contribution in [1.82, 2.24) is 0 Å². The molecule has 1 atom stereocenters. The van der Waals surface area contributed by atoms with Crippen LogP contribution in [-0.2, 0) is 11.8 Å². The Balaban J connectivity index is 2.30. The minimum absolute atomic E-state index is 0.0584. The lowest BCUT2D eigenvalue weighted by molar-refractivity contribution is 0.198. The van der Waals surface area contributed by atoms with Crippen LogP contribution in [0.25, 0.3) is 0 Å². The highest BCUT2D eigenvalue weighted by atomic mass is 19.1. The van der Waals surface area contributed by atoms with Crippen molar-refractivity contribution in [3.8, 4) is 0 Å². The highest BCUT2D eigenvalue weighted by Crippen LogP contribution is 2.28. The summed E-state index contributed by atoms with van der Waals surface area (Å²) in [6, 6.07) is 9.99. The summed E-state index contributed by atoms with van der Waals surface area (Å²) < 4.78 is 18.5. The second-order valence-corrected chi connectivity index (χ2v) is 4.49. The van der Waals surface area contributed by atoms with Crippen molar-refractivity contribution in [2.45, 2.75) is 18.8 Å². The van der Waals surface area contributed by atoms with E-state index in [2.05, 4.69) is 0 Å². The van der Waals surface area contributed by atoms with Crippen LogP contribution in [0.4, 0.5) is 4.39 Å². The second-order valence-electron chi connectivity index (χ2n) is 4.49. The molecule has 3 heteroatoms. The van der Waals surface area contributed by atoms with Gasteiger partial charge < -0.3 is 9.52 Å². The molecule has 0 saturated carbocycles. The maximum absolute atomic E-state index is 13.2. The average Bonchev–Trinajstić information content (AvgIpc) is 2.81. The van der Waals surface area contributed by atoms with Crippen LogP contribution >= 0.6 is 0 Å². The maximum atomic E-state index is 13.2. The molecule has 0 radical (unpaired) electrons. The van der Waals surface area contributed by atoms with Gasteiger partial charge in [-0.1, -0.05) is 19.1 Å². The number of benzene rings is 1. The molecule has 1 heterocycles. The number of rotatable bonds is 4. The van der Waals surface area contributed by atoms with E-state index >= 15 is 0 Å². The van der Waals surface area contributed by atoms with Crippen LogP contribution in [0.1, 0.15) is 18.2 Å². The van der Waals surface area contributed by atoms with Crippen LogP contribution in [0.5, 0.6) is 0 Å². The Morgan fingerprint density at radius 1 is 1.29 bits per heavy atom. The van der Waals surface area contributed by atoms with E-state index in [0.717, 1.165) is 11.3 Å². The predicted octanol–water partition coefficient (Wildman–Crippen LogP) is 2.91. The van der Waals surface area contributed by atoms with Gasteiger partial charge in [0.05, 0.1) is 12.9 Å². The summed E-state index contributed by atoms with van der Waals surface area (Å²) in [5.41, 5.74) is 0.247. The number of halogens is 1. The SMILES string of the molecule is CC(CO)(Cc1ccco1)c1cccc(F)c1. The van der Waals surface area contributed by atoms with Gasteiger partial charge >= 0.3 is 0 Å². The van der Waals surface area contributed by atoms with Crippen LogP contribution in [0.15, 0.2) is 47.1 Å². The number of furan rings is 1. The third-order valence-electron chi connectivity index (χ3n) is 3.02. The summed E-state index contributed by atoms with van der Waals surface area (Å²) in [5.74, 6) is 0.493. The number of aliphatic hydroxyl groups excluding tert-OH is 1. The van der Waals surface area contributed by atoms with Crippen molar-refractivity contribution in [2.75, 3.05) is 6.61 Å². The topological polar surface area (TPSA) is 33.4 Å². The first-order chi connectivity index (χ1) is 8.14. The van der Waals surface area contributed by atoms with Crippen LogP contribution in [-0.4, -0.2) is 11.7 Å². The fourth-order valence-corrected chi connectivity index (χ4v) is 1.91. The molecule has 2 aromatic rings. The highest BCUT2D eigenvalue weighted by Gasteiger charge is 2.27. The second kappa shape index (κ2) is 4.72. The molecular weight excluding hydrogens is 219 g/mol. The van der Waals surface area contributed by atoms with Gasteiger partial charge in [-0.15, -0.1) is 0 Å². The van der Waals surface area contributed by atoms with Gasteiger partial charge in [-0.25, -0.2) is 4.39 Å². The van der Waals surface area contributed by atoms with Crippen LogP contribution < -0.4 is 0 Å². The lowest BCUT2D eigenvalue weighted by Crippen LogP contribution is -2.29. The first-order valence-corrected chi connectivity index (χ1v) is 5.53. The monoisotopic (exact) mass is 234 g/mol. The van der Waals surface area contributed by atoms with Crippen molar-refractivity contribution in [1.29, 1.82) is 0 Å². The van der Waals surface area contributed by atoms with E-state index in [1.165, 1.54) is 12.1 Å². The van der Waals surface area contributed by atoms with Crippen molar-refractivity contribution >= 4 is 0 Å². The minimum Gasteiger partial charge on any atom is -0.469 e. The maximum Gasteiger partial charge on any atom is 0.123 e. The van der Waals surface area contributed by atoms with Gasteiger partial charge in [-0.05, 0) is 29.8 Å². The smallest absolute Gasteiger partial charge is 0.123 e. The predicted molar refractivity (Wildman–Crippen MR) is 63.2 cm³/mol. The third kappa shape index (κ3) is 2.56. The Morgan fingerprint density at radius 2 is 2.12 bits per heavy atom. The third-order valence-corrected chi connectivity index (χ3v) is 3.02. The van der Waals surface area contributed by atoms with E-state index in [-0.39, 0.29) is 12.4 Å². The Kier molecular flexibility index (Phi) is 3.29. The average molecular weight is 234 g/mol. The van der Waals surface area contributed by atoms with Gasteiger partial charge in [0.1, 0.15) is 11.6 Å². The van der Waals surface area contributed by atoms with Crippen LogP contribution in [0.3, 0.4) is 0 Å². The summed E-state index contributed by atoms with van der Waals surface area (Å²) >= 11 is 0. The van der Waals surface area contributed by atoms with Crippen LogP contribution in [0.2, 0.25) is 0 Å². The fraction of sp³-hybridized carbons (Fsp3) is 0.286. The van der Waals surface area contributed by atoms with E-state index in [1.807, 2.05) is 19.1 Å². The molecule has 0 fully saturated rings. The van der Waals surface area contributed by atoms with Crippen molar-refractivity contribution < 1.29 is 13.9 Å². The summed E-state index contributed by atoms with van der Waals surface area (Å²) in [4.78, 5) is 0. The quantitative estimate of drug-likeness (QED) is 0.882. The number of aliphatic hydroxyl groups is 1. The van der Waals surface area contributed by atoms with E-state index in [4.69, 9.17) is 4.42 Å². The molecule has 0 saturated heterocycles. The Morgan fingerprint density at radius 3 is 2.71 bits per heavy atom. The van der Waals surface area contributed by atoms with Gasteiger partial charge in [0.2, 0.25) is 0 Å². The van der Waals surface area contributed by atoms with Crippen molar-refractivity contribution in [3.05, 3.63) is 59.8 Å². The van der Waals surface area contributed by atoms with Crippen LogP contribution in [0, 0.1) is 5.82 Å². The van der Waals surface area contributed by atoms with Gasteiger partial charge in [-0.2, -0.15) is 0 Å². The first-order valence-electron chi connectivity index (χ1n) is 5.53. The zero-order valence-corrected chi connectivity index (χ0v) is 9.69. The molecule has 0 bridgehead atoms. The molecule has 2 nitrogen and oxygen atoms in total. The molecule has 0 aliphatic rings. The van der Waals surface area contributed by atoms with E-state index < -0.39 is 5.41 Å². The Hall–Kier alpha value is -1.61. The first kappa shape index (κ1) is 11.9.